The molecule has 0 aliphatic carbocycles. The minimum absolute atomic E-state index is 0.315. The van der Waals surface area contributed by atoms with E-state index in [1.165, 1.54) is 9.78 Å². The first-order valence-corrected chi connectivity index (χ1v) is 9.89. The van der Waals surface area contributed by atoms with Crippen molar-refractivity contribution in [2.75, 3.05) is 11.5 Å². The SMILES string of the molecule is CCOc1ccc(N2C(=O)/C(=C\c3ccc(C)s3)c3ccccc3C2=O)cc1. The van der Waals surface area contributed by atoms with Gasteiger partial charge in [-0.25, -0.2) is 4.90 Å². The molecule has 2 aromatic carbocycles. The molecule has 0 unspecified atom stereocenters. The molecule has 1 aliphatic heterocycles. The number of hydrogen-bond donors (Lipinski definition) is 0. The highest BCUT2D eigenvalue weighted by Gasteiger charge is 2.35. The van der Waals surface area contributed by atoms with E-state index in [0.717, 1.165) is 4.88 Å². The van der Waals surface area contributed by atoms with Gasteiger partial charge in [-0.05, 0) is 62.4 Å². The van der Waals surface area contributed by atoms with Gasteiger partial charge in [-0.1, -0.05) is 18.2 Å². The minimum atomic E-state index is -0.320. The van der Waals surface area contributed by atoms with Crippen LogP contribution in [0.3, 0.4) is 0 Å². The molecule has 140 valence electrons. The Morgan fingerprint density at radius 3 is 2.29 bits per heavy atom. The number of anilines is 1. The largest absolute Gasteiger partial charge is 0.494 e. The lowest BCUT2D eigenvalue weighted by Gasteiger charge is -2.28. The minimum Gasteiger partial charge on any atom is -0.494 e. The maximum absolute atomic E-state index is 13.3. The Kier molecular flexibility index (Phi) is 4.84. The number of imide groups is 1. The monoisotopic (exact) mass is 389 g/mol. The fourth-order valence-electron chi connectivity index (χ4n) is 3.26. The van der Waals surface area contributed by atoms with Gasteiger partial charge in [-0.15, -0.1) is 11.3 Å². The van der Waals surface area contributed by atoms with Gasteiger partial charge in [0.25, 0.3) is 11.8 Å². The maximum atomic E-state index is 13.3. The number of ether oxygens (including phenoxy) is 1. The molecule has 0 bridgehead atoms. The molecule has 28 heavy (non-hydrogen) atoms. The number of carbonyl (C=O) groups excluding carboxylic acids is 2. The Hall–Kier alpha value is -3.18. The van der Waals surface area contributed by atoms with Crippen molar-refractivity contribution >= 4 is 40.5 Å². The number of fused-ring (bicyclic) bond motifs is 1. The zero-order valence-electron chi connectivity index (χ0n) is 15.6. The predicted octanol–water partition coefficient (Wildman–Crippen LogP) is 5.18. The summed E-state index contributed by atoms with van der Waals surface area (Å²) in [5, 5.41) is 0. The van der Waals surface area contributed by atoms with Crippen molar-refractivity contribution < 1.29 is 14.3 Å². The molecule has 2 amide bonds. The third-order valence-corrected chi connectivity index (χ3v) is 5.49. The first-order valence-electron chi connectivity index (χ1n) is 9.07. The van der Waals surface area contributed by atoms with E-state index in [4.69, 9.17) is 4.74 Å². The Morgan fingerprint density at radius 1 is 0.929 bits per heavy atom. The number of rotatable bonds is 4. The van der Waals surface area contributed by atoms with E-state index in [9.17, 15) is 9.59 Å². The number of hydrogen-bond acceptors (Lipinski definition) is 4. The van der Waals surface area contributed by atoms with Crippen LogP contribution in [0, 0.1) is 6.92 Å². The van der Waals surface area contributed by atoms with Crippen LogP contribution in [0.25, 0.3) is 11.6 Å². The average Bonchev–Trinajstić information content (AvgIpc) is 3.12. The van der Waals surface area contributed by atoms with E-state index in [-0.39, 0.29) is 11.8 Å². The summed E-state index contributed by atoms with van der Waals surface area (Å²) in [5.74, 6) is 0.0663. The number of benzene rings is 2. The molecule has 0 saturated carbocycles. The summed E-state index contributed by atoms with van der Waals surface area (Å²) in [7, 11) is 0. The molecule has 0 N–H and O–H groups in total. The molecule has 4 nitrogen and oxygen atoms in total. The Morgan fingerprint density at radius 2 is 1.64 bits per heavy atom. The van der Waals surface area contributed by atoms with Gasteiger partial charge >= 0.3 is 0 Å². The number of aryl methyl sites for hydroxylation is 1. The normalized spacial score (nSPS) is 15.1. The second-order valence-corrected chi connectivity index (χ2v) is 7.74. The molecular weight excluding hydrogens is 370 g/mol. The molecule has 4 rings (SSSR count). The summed E-state index contributed by atoms with van der Waals surface area (Å²) >= 11 is 1.61. The molecule has 3 aromatic rings. The van der Waals surface area contributed by atoms with Crippen molar-refractivity contribution in [1.29, 1.82) is 0 Å². The van der Waals surface area contributed by atoms with E-state index in [1.807, 2.05) is 50.3 Å². The van der Waals surface area contributed by atoms with E-state index in [2.05, 4.69) is 0 Å². The topological polar surface area (TPSA) is 46.6 Å². The van der Waals surface area contributed by atoms with Crippen LogP contribution in [0.1, 0.15) is 32.6 Å². The third kappa shape index (κ3) is 3.25. The zero-order chi connectivity index (χ0) is 19.7. The molecule has 0 saturated heterocycles. The van der Waals surface area contributed by atoms with Crippen LogP contribution in [0.5, 0.6) is 5.75 Å². The van der Waals surface area contributed by atoms with Crippen LogP contribution in [-0.4, -0.2) is 18.4 Å². The van der Waals surface area contributed by atoms with Crippen LogP contribution in [0.15, 0.2) is 60.7 Å². The van der Waals surface area contributed by atoms with E-state index in [0.29, 0.717) is 34.7 Å². The van der Waals surface area contributed by atoms with Gasteiger partial charge in [-0.3, -0.25) is 9.59 Å². The fraction of sp³-hybridized carbons (Fsp3) is 0.130. The molecule has 0 fully saturated rings. The third-order valence-electron chi connectivity index (χ3n) is 4.54. The van der Waals surface area contributed by atoms with Crippen molar-refractivity contribution in [2.24, 2.45) is 0 Å². The lowest BCUT2D eigenvalue weighted by molar-refractivity contribution is -0.112. The van der Waals surface area contributed by atoms with Crippen molar-refractivity contribution in [1.82, 2.24) is 0 Å². The second-order valence-electron chi connectivity index (χ2n) is 6.42. The molecule has 1 aliphatic rings. The van der Waals surface area contributed by atoms with Gasteiger partial charge in [0.2, 0.25) is 0 Å². The molecule has 0 radical (unpaired) electrons. The quantitative estimate of drug-likeness (QED) is 0.456. The molecule has 1 aromatic heterocycles. The average molecular weight is 389 g/mol. The molecule has 0 spiro atoms. The van der Waals surface area contributed by atoms with Crippen molar-refractivity contribution in [3.8, 4) is 5.75 Å². The Labute approximate surface area is 167 Å². The van der Waals surface area contributed by atoms with E-state index < -0.39 is 0 Å². The number of amides is 2. The highest BCUT2D eigenvalue weighted by molar-refractivity contribution is 7.12. The molecular formula is C23H19NO3S. The summed E-state index contributed by atoms with van der Waals surface area (Å²) in [4.78, 5) is 29.8. The van der Waals surface area contributed by atoms with E-state index >= 15 is 0 Å². The highest BCUT2D eigenvalue weighted by Crippen LogP contribution is 2.34. The van der Waals surface area contributed by atoms with Crippen LogP contribution in [-0.2, 0) is 4.79 Å². The number of nitrogens with zero attached hydrogens (tertiary/aromatic N) is 1. The first-order chi connectivity index (χ1) is 13.6. The molecule has 2 heterocycles. The molecule has 0 atom stereocenters. The maximum Gasteiger partial charge on any atom is 0.266 e. The van der Waals surface area contributed by atoms with Gasteiger partial charge in [0.15, 0.2) is 0 Å². The fourth-order valence-corrected chi connectivity index (χ4v) is 4.08. The van der Waals surface area contributed by atoms with Gasteiger partial charge in [0.05, 0.1) is 12.3 Å². The van der Waals surface area contributed by atoms with Crippen molar-refractivity contribution in [3.05, 3.63) is 81.5 Å². The van der Waals surface area contributed by atoms with Gasteiger partial charge < -0.3 is 4.74 Å². The van der Waals surface area contributed by atoms with E-state index in [1.54, 1.807) is 41.7 Å². The molecule has 5 heteroatoms. The summed E-state index contributed by atoms with van der Waals surface area (Å²) < 4.78 is 5.46. The smallest absolute Gasteiger partial charge is 0.266 e. The Balaban J connectivity index is 1.82. The zero-order valence-corrected chi connectivity index (χ0v) is 16.5. The number of carbonyl (C=O) groups is 2. The lowest BCUT2D eigenvalue weighted by Crippen LogP contribution is -2.41. The summed E-state index contributed by atoms with van der Waals surface area (Å²) in [6.07, 6.45) is 1.87. The van der Waals surface area contributed by atoms with Crippen molar-refractivity contribution in [3.63, 3.8) is 0 Å². The summed E-state index contributed by atoms with van der Waals surface area (Å²) in [6.45, 7) is 4.49. The summed E-state index contributed by atoms with van der Waals surface area (Å²) in [5.41, 5.74) is 2.24. The van der Waals surface area contributed by atoms with Crippen LogP contribution >= 0.6 is 11.3 Å². The predicted molar refractivity (Wildman–Crippen MR) is 113 cm³/mol. The highest BCUT2D eigenvalue weighted by atomic mass is 32.1. The van der Waals surface area contributed by atoms with Gasteiger partial charge in [0.1, 0.15) is 5.75 Å². The second kappa shape index (κ2) is 7.44. The first kappa shape index (κ1) is 18.2. The lowest BCUT2D eigenvalue weighted by atomic mass is 9.92. The Bertz CT molecular complexity index is 1080. The van der Waals surface area contributed by atoms with Gasteiger partial charge in [-0.2, -0.15) is 0 Å². The van der Waals surface area contributed by atoms with Gasteiger partial charge in [0, 0.05) is 26.5 Å². The van der Waals surface area contributed by atoms with Crippen LogP contribution in [0.2, 0.25) is 0 Å². The standard InChI is InChI=1S/C23H19NO3S/c1-3-27-17-11-9-16(10-12-17)24-22(25)20-7-5-4-6-19(20)21(23(24)26)14-18-13-8-15(2)28-18/h4-14H,3H2,1-2H3/b21-14-. The summed E-state index contributed by atoms with van der Waals surface area (Å²) in [6, 6.07) is 18.3. The van der Waals surface area contributed by atoms with Crippen LogP contribution in [0.4, 0.5) is 5.69 Å². The van der Waals surface area contributed by atoms with Crippen molar-refractivity contribution in [2.45, 2.75) is 13.8 Å². The number of thiophene rings is 1. The van der Waals surface area contributed by atoms with Crippen LogP contribution < -0.4 is 9.64 Å².